The number of rotatable bonds is 7. The summed E-state index contributed by atoms with van der Waals surface area (Å²) in [6.45, 7) is 6.30. The standard InChI is InChI=1S/C19H28N6O/c1-14(2)5-6-19(26)25-10-15(16-11-24(3)13-23-16)17(12-25)22-9-18-20-7-4-8-21-18/h4,7-8,11,13-15,17,22H,5-6,9-10,12H2,1-3H3/t15-,17+/m0/s1. The largest absolute Gasteiger partial charge is 0.340 e. The van der Waals surface area contributed by atoms with Gasteiger partial charge < -0.3 is 14.8 Å². The highest BCUT2D eigenvalue weighted by Crippen LogP contribution is 2.27. The molecular weight excluding hydrogens is 328 g/mol. The number of carbonyl (C=O) groups excluding carboxylic acids is 1. The van der Waals surface area contributed by atoms with Gasteiger partial charge in [-0.15, -0.1) is 0 Å². The molecule has 1 aliphatic rings. The number of aryl methyl sites for hydroxylation is 1. The SMILES string of the molecule is CC(C)CCC(=O)N1C[C@@H](NCc2ncccn2)[C@H](c2cn(C)cn2)C1. The van der Waals surface area contributed by atoms with Crippen LogP contribution >= 0.6 is 0 Å². The zero-order chi connectivity index (χ0) is 18.5. The molecule has 1 N–H and O–H groups in total. The maximum atomic E-state index is 12.6. The first kappa shape index (κ1) is 18.5. The summed E-state index contributed by atoms with van der Waals surface area (Å²) in [4.78, 5) is 27.6. The fourth-order valence-electron chi connectivity index (χ4n) is 3.35. The van der Waals surface area contributed by atoms with Crippen molar-refractivity contribution in [3.05, 3.63) is 42.5 Å². The van der Waals surface area contributed by atoms with Gasteiger partial charge in [-0.3, -0.25) is 4.79 Å². The molecule has 2 atom stereocenters. The number of nitrogens with one attached hydrogen (secondary N) is 1. The number of aromatic nitrogens is 4. The molecule has 26 heavy (non-hydrogen) atoms. The van der Waals surface area contributed by atoms with Crippen LogP contribution in [0.5, 0.6) is 0 Å². The van der Waals surface area contributed by atoms with Crippen LogP contribution in [-0.2, 0) is 18.4 Å². The number of imidazole rings is 1. The van der Waals surface area contributed by atoms with E-state index in [0.29, 0.717) is 32.0 Å². The van der Waals surface area contributed by atoms with Crippen molar-refractivity contribution in [2.24, 2.45) is 13.0 Å². The molecule has 0 radical (unpaired) electrons. The number of hydrogen-bond donors (Lipinski definition) is 1. The summed E-state index contributed by atoms with van der Waals surface area (Å²) in [7, 11) is 1.97. The van der Waals surface area contributed by atoms with E-state index in [1.54, 1.807) is 12.4 Å². The van der Waals surface area contributed by atoms with E-state index >= 15 is 0 Å². The Balaban J connectivity index is 1.68. The number of hydrogen-bond acceptors (Lipinski definition) is 5. The highest BCUT2D eigenvalue weighted by Gasteiger charge is 2.37. The van der Waals surface area contributed by atoms with Gasteiger partial charge in [0.1, 0.15) is 5.82 Å². The molecule has 2 aromatic heterocycles. The van der Waals surface area contributed by atoms with Crippen LogP contribution in [-0.4, -0.2) is 49.5 Å². The summed E-state index contributed by atoms with van der Waals surface area (Å²) in [5.41, 5.74) is 1.03. The van der Waals surface area contributed by atoms with E-state index in [9.17, 15) is 4.79 Å². The van der Waals surface area contributed by atoms with Crippen LogP contribution < -0.4 is 5.32 Å². The normalized spacial score (nSPS) is 20.1. The predicted molar refractivity (Wildman–Crippen MR) is 99.3 cm³/mol. The lowest BCUT2D eigenvalue weighted by atomic mass is 10.0. The van der Waals surface area contributed by atoms with Crippen molar-refractivity contribution < 1.29 is 4.79 Å². The molecule has 7 nitrogen and oxygen atoms in total. The highest BCUT2D eigenvalue weighted by atomic mass is 16.2. The highest BCUT2D eigenvalue weighted by molar-refractivity contribution is 5.76. The van der Waals surface area contributed by atoms with Crippen molar-refractivity contribution in [3.63, 3.8) is 0 Å². The van der Waals surface area contributed by atoms with Gasteiger partial charge in [0.25, 0.3) is 0 Å². The molecule has 3 rings (SSSR count). The monoisotopic (exact) mass is 356 g/mol. The van der Waals surface area contributed by atoms with Gasteiger partial charge in [-0.25, -0.2) is 15.0 Å². The second-order valence-corrected chi connectivity index (χ2v) is 7.45. The number of nitrogens with zero attached hydrogens (tertiary/aromatic N) is 5. The van der Waals surface area contributed by atoms with E-state index in [2.05, 4.69) is 34.1 Å². The summed E-state index contributed by atoms with van der Waals surface area (Å²) < 4.78 is 1.95. The molecule has 1 amide bonds. The molecule has 1 aliphatic heterocycles. The van der Waals surface area contributed by atoms with Crippen LogP contribution in [0, 0.1) is 5.92 Å². The molecule has 1 fully saturated rings. The van der Waals surface area contributed by atoms with Crippen LogP contribution in [0.2, 0.25) is 0 Å². The van der Waals surface area contributed by atoms with Gasteiger partial charge in [0.15, 0.2) is 0 Å². The van der Waals surface area contributed by atoms with Gasteiger partial charge in [-0.2, -0.15) is 0 Å². The van der Waals surface area contributed by atoms with Gasteiger partial charge in [0, 0.05) is 57.1 Å². The Labute approximate surface area is 154 Å². The fourth-order valence-corrected chi connectivity index (χ4v) is 3.35. The average Bonchev–Trinajstić information content (AvgIpc) is 3.25. The van der Waals surface area contributed by atoms with E-state index in [4.69, 9.17) is 0 Å². The third-order valence-electron chi connectivity index (χ3n) is 4.85. The number of carbonyl (C=O) groups is 1. The third kappa shape index (κ3) is 4.66. The minimum absolute atomic E-state index is 0.150. The molecule has 2 aromatic rings. The Morgan fingerprint density at radius 3 is 2.69 bits per heavy atom. The van der Waals surface area contributed by atoms with Gasteiger partial charge in [0.2, 0.25) is 5.91 Å². The first-order chi connectivity index (χ1) is 12.5. The van der Waals surface area contributed by atoms with E-state index in [1.807, 2.05) is 35.1 Å². The smallest absolute Gasteiger partial charge is 0.222 e. The second kappa shape index (κ2) is 8.40. The molecule has 7 heteroatoms. The zero-order valence-corrected chi connectivity index (χ0v) is 15.8. The van der Waals surface area contributed by atoms with Gasteiger partial charge in [-0.1, -0.05) is 13.8 Å². The van der Waals surface area contributed by atoms with Crippen molar-refractivity contribution in [2.45, 2.75) is 45.2 Å². The molecular formula is C19H28N6O. The van der Waals surface area contributed by atoms with Crippen LogP contribution in [0.3, 0.4) is 0 Å². The van der Waals surface area contributed by atoms with Crippen LogP contribution in [0.4, 0.5) is 0 Å². The quantitative estimate of drug-likeness (QED) is 0.818. The topological polar surface area (TPSA) is 75.9 Å². The molecule has 140 valence electrons. The van der Waals surface area contributed by atoms with Crippen LogP contribution in [0.15, 0.2) is 31.0 Å². The van der Waals surface area contributed by atoms with Gasteiger partial charge in [-0.05, 0) is 18.4 Å². The summed E-state index contributed by atoms with van der Waals surface area (Å²) in [6, 6.07) is 1.96. The van der Waals surface area contributed by atoms with Crippen molar-refractivity contribution in [1.82, 2.24) is 29.7 Å². The van der Waals surface area contributed by atoms with E-state index in [0.717, 1.165) is 17.9 Å². The Kier molecular flexibility index (Phi) is 5.98. The maximum Gasteiger partial charge on any atom is 0.222 e. The number of amides is 1. The number of likely N-dealkylation sites (tertiary alicyclic amines) is 1. The van der Waals surface area contributed by atoms with Crippen LogP contribution in [0.1, 0.15) is 44.1 Å². The molecule has 0 unspecified atom stereocenters. The Morgan fingerprint density at radius 2 is 2.04 bits per heavy atom. The zero-order valence-electron chi connectivity index (χ0n) is 15.8. The summed E-state index contributed by atoms with van der Waals surface area (Å²) in [6.07, 6.45) is 8.89. The minimum Gasteiger partial charge on any atom is -0.340 e. The molecule has 0 aliphatic carbocycles. The van der Waals surface area contributed by atoms with E-state index in [-0.39, 0.29) is 17.9 Å². The molecule has 1 saturated heterocycles. The lowest BCUT2D eigenvalue weighted by molar-refractivity contribution is -0.130. The van der Waals surface area contributed by atoms with Crippen molar-refractivity contribution in [3.8, 4) is 0 Å². The summed E-state index contributed by atoms with van der Waals surface area (Å²) in [5, 5.41) is 3.54. The first-order valence-corrected chi connectivity index (χ1v) is 9.28. The summed E-state index contributed by atoms with van der Waals surface area (Å²) in [5.74, 6) is 1.72. The maximum absolute atomic E-state index is 12.6. The Bertz CT molecular complexity index is 714. The Morgan fingerprint density at radius 1 is 1.27 bits per heavy atom. The van der Waals surface area contributed by atoms with Crippen molar-refractivity contribution >= 4 is 5.91 Å². The average molecular weight is 356 g/mol. The van der Waals surface area contributed by atoms with Crippen molar-refractivity contribution in [1.29, 1.82) is 0 Å². The molecule has 3 heterocycles. The minimum atomic E-state index is 0.150. The second-order valence-electron chi connectivity index (χ2n) is 7.45. The van der Waals surface area contributed by atoms with Crippen LogP contribution in [0.25, 0.3) is 0 Å². The van der Waals surface area contributed by atoms with Gasteiger partial charge in [0.05, 0.1) is 18.6 Å². The predicted octanol–water partition coefficient (Wildman–Crippen LogP) is 1.73. The lowest BCUT2D eigenvalue weighted by Crippen LogP contribution is -2.36. The molecule has 0 aromatic carbocycles. The van der Waals surface area contributed by atoms with E-state index in [1.165, 1.54) is 0 Å². The van der Waals surface area contributed by atoms with E-state index < -0.39 is 0 Å². The summed E-state index contributed by atoms with van der Waals surface area (Å²) >= 11 is 0. The van der Waals surface area contributed by atoms with Gasteiger partial charge >= 0.3 is 0 Å². The fraction of sp³-hybridized carbons (Fsp3) is 0.579. The molecule has 0 saturated carbocycles. The van der Waals surface area contributed by atoms with Crippen molar-refractivity contribution in [2.75, 3.05) is 13.1 Å². The third-order valence-corrected chi connectivity index (χ3v) is 4.85. The molecule has 0 bridgehead atoms. The first-order valence-electron chi connectivity index (χ1n) is 9.28. The Hall–Kier alpha value is -2.28. The molecule has 0 spiro atoms. The lowest BCUT2D eigenvalue weighted by Gasteiger charge is -2.18.